The highest BCUT2D eigenvalue weighted by atomic mass is 35.5. The van der Waals surface area contributed by atoms with Gasteiger partial charge >= 0.3 is 0 Å². The van der Waals surface area contributed by atoms with E-state index in [0.717, 1.165) is 26.2 Å². The molecule has 122 valence electrons. The van der Waals surface area contributed by atoms with E-state index in [1.165, 1.54) is 32.4 Å². The van der Waals surface area contributed by atoms with Gasteiger partial charge in [0, 0.05) is 26.2 Å². The van der Waals surface area contributed by atoms with Gasteiger partial charge in [0.25, 0.3) is 0 Å². The van der Waals surface area contributed by atoms with E-state index in [4.69, 9.17) is 16.3 Å². The molecule has 0 aliphatic carbocycles. The SMILES string of the molecule is Clc1nc(NCCN2CCCCC2)nc(N2CCOCC2)n1. The summed E-state index contributed by atoms with van der Waals surface area (Å²) in [5.74, 6) is 1.18. The minimum atomic E-state index is 0.233. The molecule has 0 radical (unpaired) electrons. The summed E-state index contributed by atoms with van der Waals surface area (Å²) < 4.78 is 5.35. The average Bonchev–Trinajstić information content (AvgIpc) is 2.56. The average molecular weight is 327 g/mol. The molecule has 0 unspecified atom stereocenters. The third-order valence-corrected chi connectivity index (χ3v) is 4.22. The molecule has 0 aromatic carbocycles. The number of ether oxygens (including phenoxy) is 1. The van der Waals surface area contributed by atoms with Crippen molar-refractivity contribution in [3.05, 3.63) is 5.28 Å². The second kappa shape index (κ2) is 7.89. The number of hydrogen-bond donors (Lipinski definition) is 1. The molecule has 22 heavy (non-hydrogen) atoms. The highest BCUT2D eigenvalue weighted by Gasteiger charge is 2.16. The summed E-state index contributed by atoms with van der Waals surface area (Å²) in [5, 5.41) is 3.50. The molecule has 0 saturated carbocycles. The van der Waals surface area contributed by atoms with Crippen LogP contribution >= 0.6 is 11.6 Å². The standard InChI is InChI=1S/C14H23ClN6O/c15-12-17-13(16-4-7-20-5-2-1-3-6-20)19-14(18-12)21-8-10-22-11-9-21/h1-11H2,(H,16,17,18,19). The van der Waals surface area contributed by atoms with Crippen molar-refractivity contribution >= 4 is 23.5 Å². The number of hydrogen-bond acceptors (Lipinski definition) is 7. The van der Waals surface area contributed by atoms with E-state index in [0.29, 0.717) is 25.1 Å². The van der Waals surface area contributed by atoms with Gasteiger partial charge in [-0.05, 0) is 37.5 Å². The van der Waals surface area contributed by atoms with Crippen molar-refractivity contribution < 1.29 is 4.74 Å². The van der Waals surface area contributed by atoms with Crippen molar-refractivity contribution in [1.29, 1.82) is 0 Å². The van der Waals surface area contributed by atoms with E-state index in [-0.39, 0.29) is 5.28 Å². The maximum absolute atomic E-state index is 6.03. The normalized spacial score (nSPS) is 20.1. The Balaban J connectivity index is 1.54. The molecular formula is C14H23ClN6O. The van der Waals surface area contributed by atoms with Crippen molar-refractivity contribution in [3.63, 3.8) is 0 Å². The zero-order valence-corrected chi connectivity index (χ0v) is 13.6. The summed E-state index contributed by atoms with van der Waals surface area (Å²) >= 11 is 6.03. The van der Waals surface area contributed by atoms with E-state index < -0.39 is 0 Å². The molecule has 0 amide bonds. The number of morpholine rings is 1. The molecular weight excluding hydrogens is 304 g/mol. The number of piperidine rings is 1. The van der Waals surface area contributed by atoms with Gasteiger partial charge in [0.05, 0.1) is 13.2 Å². The van der Waals surface area contributed by atoms with Crippen LogP contribution in [0, 0.1) is 0 Å². The first-order valence-corrected chi connectivity index (χ1v) is 8.39. The molecule has 2 fully saturated rings. The molecule has 0 spiro atoms. The van der Waals surface area contributed by atoms with E-state index in [9.17, 15) is 0 Å². The zero-order valence-electron chi connectivity index (χ0n) is 12.8. The molecule has 1 aromatic heterocycles. The first-order chi connectivity index (χ1) is 10.8. The summed E-state index contributed by atoms with van der Waals surface area (Å²) in [6.45, 7) is 7.18. The summed E-state index contributed by atoms with van der Waals surface area (Å²) in [6.07, 6.45) is 3.97. The fourth-order valence-electron chi connectivity index (χ4n) is 2.83. The van der Waals surface area contributed by atoms with E-state index in [1.54, 1.807) is 0 Å². The van der Waals surface area contributed by atoms with Gasteiger partial charge in [-0.25, -0.2) is 0 Å². The third-order valence-electron chi connectivity index (χ3n) is 4.05. The summed E-state index contributed by atoms with van der Waals surface area (Å²) in [5.41, 5.74) is 0. The molecule has 0 atom stereocenters. The Labute approximate surface area is 136 Å². The van der Waals surface area contributed by atoms with Crippen molar-refractivity contribution in [1.82, 2.24) is 19.9 Å². The lowest BCUT2D eigenvalue weighted by Gasteiger charge is -2.27. The summed E-state index contributed by atoms with van der Waals surface area (Å²) in [7, 11) is 0. The molecule has 0 bridgehead atoms. The summed E-state index contributed by atoms with van der Waals surface area (Å²) in [6, 6.07) is 0. The van der Waals surface area contributed by atoms with Gasteiger partial charge in [0.2, 0.25) is 17.2 Å². The molecule has 2 aliphatic heterocycles. The van der Waals surface area contributed by atoms with E-state index in [2.05, 4.69) is 30.1 Å². The maximum atomic E-state index is 6.03. The Bertz CT molecular complexity index is 476. The lowest BCUT2D eigenvalue weighted by atomic mass is 10.1. The van der Waals surface area contributed by atoms with Gasteiger partial charge in [-0.2, -0.15) is 15.0 Å². The van der Waals surface area contributed by atoms with Gasteiger partial charge in [0.1, 0.15) is 0 Å². The fourth-order valence-corrected chi connectivity index (χ4v) is 2.99. The lowest BCUT2D eigenvalue weighted by Crippen LogP contribution is -2.37. The van der Waals surface area contributed by atoms with Gasteiger partial charge in [0.15, 0.2) is 0 Å². The van der Waals surface area contributed by atoms with Crippen LogP contribution < -0.4 is 10.2 Å². The Morgan fingerprint density at radius 3 is 2.55 bits per heavy atom. The molecule has 2 aliphatic rings. The number of aromatic nitrogens is 3. The predicted octanol–water partition coefficient (Wildman–Crippen LogP) is 1.26. The third kappa shape index (κ3) is 4.41. The van der Waals surface area contributed by atoms with Crippen LogP contribution in [0.4, 0.5) is 11.9 Å². The largest absolute Gasteiger partial charge is 0.378 e. The van der Waals surface area contributed by atoms with E-state index in [1.807, 2.05) is 0 Å². The number of rotatable bonds is 5. The minimum Gasteiger partial charge on any atom is -0.378 e. The molecule has 3 rings (SSSR count). The van der Waals surface area contributed by atoms with Gasteiger partial charge < -0.3 is 19.9 Å². The quantitative estimate of drug-likeness (QED) is 0.873. The van der Waals surface area contributed by atoms with Crippen LogP contribution in [0.3, 0.4) is 0 Å². The van der Waals surface area contributed by atoms with Crippen LogP contribution in [-0.4, -0.2) is 72.3 Å². The number of likely N-dealkylation sites (tertiary alicyclic amines) is 1. The maximum Gasteiger partial charge on any atom is 0.231 e. The Morgan fingerprint density at radius 2 is 1.77 bits per heavy atom. The number of halogens is 1. The molecule has 1 aromatic rings. The Morgan fingerprint density at radius 1 is 1.00 bits per heavy atom. The van der Waals surface area contributed by atoms with Crippen LogP contribution in [0.1, 0.15) is 19.3 Å². The van der Waals surface area contributed by atoms with Crippen LogP contribution in [0.25, 0.3) is 0 Å². The van der Waals surface area contributed by atoms with Gasteiger partial charge in [-0.1, -0.05) is 6.42 Å². The smallest absolute Gasteiger partial charge is 0.231 e. The number of anilines is 2. The van der Waals surface area contributed by atoms with Crippen molar-refractivity contribution in [2.24, 2.45) is 0 Å². The molecule has 7 nitrogen and oxygen atoms in total. The minimum absolute atomic E-state index is 0.233. The van der Waals surface area contributed by atoms with Crippen molar-refractivity contribution in [3.8, 4) is 0 Å². The van der Waals surface area contributed by atoms with Crippen molar-refractivity contribution in [2.75, 3.05) is 62.7 Å². The topological polar surface area (TPSA) is 66.4 Å². The lowest BCUT2D eigenvalue weighted by molar-refractivity contribution is 0.122. The summed E-state index contributed by atoms with van der Waals surface area (Å²) in [4.78, 5) is 17.4. The predicted molar refractivity (Wildman–Crippen MR) is 86.6 cm³/mol. The fraction of sp³-hybridized carbons (Fsp3) is 0.786. The molecule has 1 N–H and O–H groups in total. The van der Waals surface area contributed by atoms with Gasteiger partial charge in [-0.3, -0.25) is 0 Å². The highest BCUT2D eigenvalue weighted by molar-refractivity contribution is 6.28. The Kier molecular flexibility index (Phi) is 5.64. The van der Waals surface area contributed by atoms with Crippen LogP contribution in [0.5, 0.6) is 0 Å². The van der Waals surface area contributed by atoms with Crippen LogP contribution in [0.2, 0.25) is 5.28 Å². The van der Waals surface area contributed by atoms with Crippen LogP contribution in [-0.2, 0) is 4.74 Å². The first kappa shape index (κ1) is 15.7. The Hall–Kier alpha value is -1.18. The number of nitrogens with zero attached hydrogens (tertiary/aromatic N) is 5. The molecule has 3 heterocycles. The van der Waals surface area contributed by atoms with Crippen molar-refractivity contribution in [2.45, 2.75) is 19.3 Å². The molecule has 8 heteroatoms. The van der Waals surface area contributed by atoms with Crippen LogP contribution in [0.15, 0.2) is 0 Å². The number of nitrogens with one attached hydrogen (secondary N) is 1. The zero-order chi connectivity index (χ0) is 15.2. The first-order valence-electron chi connectivity index (χ1n) is 8.02. The second-order valence-electron chi connectivity index (χ2n) is 5.66. The second-order valence-corrected chi connectivity index (χ2v) is 5.99. The van der Waals surface area contributed by atoms with E-state index >= 15 is 0 Å². The highest BCUT2D eigenvalue weighted by Crippen LogP contribution is 2.15. The monoisotopic (exact) mass is 326 g/mol. The van der Waals surface area contributed by atoms with Gasteiger partial charge in [-0.15, -0.1) is 0 Å². The molecule has 2 saturated heterocycles.